The Balaban J connectivity index is 1.88. The number of carbonyl (C=O) groups excluding carboxylic acids is 1. The summed E-state index contributed by atoms with van der Waals surface area (Å²) in [7, 11) is 1.48. The van der Waals surface area contributed by atoms with Crippen LogP contribution in [0.15, 0.2) is 0 Å². The highest BCUT2D eigenvalue weighted by Crippen LogP contribution is 2.24. The molecule has 1 saturated carbocycles. The van der Waals surface area contributed by atoms with Crippen LogP contribution in [0.5, 0.6) is 0 Å². The van der Waals surface area contributed by atoms with E-state index in [-0.39, 0.29) is 5.97 Å². The van der Waals surface area contributed by atoms with Gasteiger partial charge in [-0.1, -0.05) is 6.92 Å². The van der Waals surface area contributed by atoms with E-state index in [1.165, 1.54) is 26.4 Å². The van der Waals surface area contributed by atoms with E-state index >= 15 is 0 Å². The van der Waals surface area contributed by atoms with E-state index in [0.717, 1.165) is 32.7 Å². The van der Waals surface area contributed by atoms with Crippen LogP contribution in [0.25, 0.3) is 0 Å². The second-order valence-corrected chi connectivity index (χ2v) is 6.81. The first-order valence-corrected chi connectivity index (χ1v) is 8.31. The number of hydrogen-bond donors (Lipinski definition) is 1. The predicted octanol–water partition coefficient (Wildman–Crippen LogP) is 1.09. The molecule has 0 radical (unpaired) electrons. The van der Waals surface area contributed by atoms with E-state index < -0.39 is 5.54 Å². The van der Waals surface area contributed by atoms with Gasteiger partial charge in [-0.3, -0.25) is 19.9 Å². The number of nitrogens with zero attached hydrogens (tertiary/aromatic N) is 2. The van der Waals surface area contributed by atoms with Gasteiger partial charge in [0, 0.05) is 44.8 Å². The molecule has 122 valence electrons. The number of carbonyl (C=O) groups is 1. The molecular formula is C16H31N3O2. The molecule has 0 aromatic heterocycles. The smallest absolute Gasteiger partial charge is 0.327 e. The van der Waals surface area contributed by atoms with Crippen LogP contribution in [0.4, 0.5) is 0 Å². The average molecular weight is 297 g/mol. The Morgan fingerprint density at radius 1 is 1.33 bits per heavy atom. The van der Waals surface area contributed by atoms with Gasteiger partial charge in [0.1, 0.15) is 5.54 Å². The molecule has 2 atom stereocenters. The Kier molecular flexibility index (Phi) is 5.63. The van der Waals surface area contributed by atoms with Gasteiger partial charge in [-0.25, -0.2) is 0 Å². The van der Waals surface area contributed by atoms with Gasteiger partial charge in [-0.2, -0.15) is 0 Å². The van der Waals surface area contributed by atoms with Crippen molar-refractivity contribution in [1.29, 1.82) is 0 Å². The van der Waals surface area contributed by atoms with Crippen LogP contribution in [0.2, 0.25) is 0 Å². The van der Waals surface area contributed by atoms with E-state index in [0.29, 0.717) is 12.1 Å². The summed E-state index contributed by atoms with van der Waals surface area (Å²) in [6.07, 6.45) is 3.55. The fourth-order valence-electron chi connectivity index (χ4n) is 3.14. The molecule has 21 heavy (non-hydrogen) atoms. The molecule has 2 unspecified atom stereocenters. The monoisotopic (exact) mass is 297 g/mol. The zero-order chi connectivity index (χ0) is 15.5. The maximum absolute atomic E-state index is 12.2. The first-order chi connectivity index (χ1) is 9.98. The van der Waals surface area contributed by atoms with Crippen molar-refractivity contribution in [3.8, 4) is 0 Å². The third-order valence-electron chi connectivity index (χ3n) is 4.90. The Hall–Kier alpha value is -0.650. The maximum Gasteiger partial charge on any atom is 0.327 e. The largest absolute Gasteiger partial charge is 0.468 e. The van der Waals surface area contributed by atoms with E-state index in [4.69, 9.17) is 4.74 Å². The summed E-state index contributed by atoms with van der Waals surface area (Å²) < 4.78 is 5.02. The third kappa shape index (κ3) is 4.41. The number of methoxy groups -OCH3 is 1. The Morgan fingerprint density at radius 3 is 2.43 bits per heavy atom. The summed E-state index contributed by atoms with van der Waals surface area (Å²) in [4.78, 5) is 17.1. The fourth-order valence-corrected chi connectivity index (χ4v) is 3.14. The molecule has 2 rings (SSSR count). The average Bonchev–Trinajstić information content (AvgIpc) is 3.29. The summed E-state index contributed by atoms with van der Waals surface area (Å²) in [6.45, 7) is 11.5. The molecule has 0 aromatic carbocycles. The lowest BCUT2D eigenvalue weighted by molar-refractivity contribution is -0.149. The van der Waals surface area contributed by atoms with Crippen LogP contribution in [0, 0.1) is 0 Å². The number of ether oxygens (including phenoxy) is 1. The molecule has 0 aromatic rings. The Morgan fingerprint density at radius 2 is 1.95 bits per heavy atom. The lowest BCUT2D eigenvalue weighted by Gasteiger charge is -2.41. The van der Waals surface area contributed by atoms with Gasteiger partial charge >= 0.3 is 5.97 Å². The quantitative estimate of drug-likeness (QED) is 0.713. The van der Waals surface area contributed by atoms with Crippen LogP contribution < -0.4 is 5.32 Å². The van der Waals surface area contributed by atoms with Gasteiger partial charge in [0.15, 0.2) is 0 Å². The van der Waals surface area contributed by atoms with Gasteiger partial charge in [-0.15, -0.1) is 0 Å². The highest BCUT2D eigenvalue weighted by atomic mass is 16.5. The van der Waals surface area contributed by atoms with Crippen LogP contribution >= 0.6 is 0 Å². The maximum atomic E-state index is 12.2. The molecule has 5 heteroatoms. The highest BCUT2D eigenvalue weighted by molar-refractivity contribution is 5.80. The minimum Gasteiger partial charge on any atom is -0.468 e. The number of rotatable bonds is 7. The molecule has 2 fully saturated rings. The highest BCUT2D eigenvalue weighted by Gasteiger charge is 2.41. The van der Waals surface area contributed by atoms with E-state index in [1.54, 1.807) is 0 Å². The Labute approximate surface area is 129 Å². The standard InChI is InChI=1S/C16H31N3O2/c1-5-13(2)19-10-8-18(9-11-19)12-16(3,15(20)21-4)17-14-6-7-14/h13-14,17H,5-12H2,1-4H3. The van der Waals surface area contributed by atoms with Crippen molar-refractivity contribution < 1.29 is 9.53 Å². The van der Waals surface area contributed by atoms with E-state index in [1.807, 2.05) is 6.92 Å². The van der Waals surface area contributed by atoms with Gasteiger partial charge in [0.05, 0.1) is 7.11 Å². The topological polar surface area (TPSA) is 44.8 Å². The summed E-state index contributed by atoms with van der Waals surface area (Å²) in [5.41, 5.74) is -0.575. The van der Waals surface area contributed by atoms with Gasteiger partial charge in [-0.05, 0) is 33.1 Å². The number of hydrogen-bond acceptors (Lipinski definition) is 5. The molecule has 1 heterocycles. The number of nitrogens with one attached hydrogen (secondary N) is 1. The van der Waals surface area contributed by atoms with Crippen molar-refractivity contribution in [3.05, 3.63) is 0 Å². The van der Waals surface area contributed by atoms with Crippen molar-refractivity contribution in [1.82, 2.24) is 15.1 Å². The first-order valence-electron chi connectivity index (χ1n) is 8.31. The summed E-state index contributed by atoms with van der Waals surface area (Å²) in [5, 5.41) is 3.48. The van der Waals surface area contributed by atoms with Crippen molar-refractivity contribution in [3.63, 3.8) is 0 Å². The summed E-state index contributed by atoms with van der Waals surface area (Å²) in [5.74, 6) is -0.140. The molecule has 1 N–H and O–H groups in total. The number of esters is 1. The van der Waals surface area contributed by atoms with Crippen LogP contribution in [-0.4, -0.2) is 73.2 Å². The second kappa shape index (κ2) is 7.07. The first kappa shape index (κ1) is 16.7. The zero-order valence-electron chi connectivity index (χ0n) is 14.0. The van der Waals surface area contributed by atoms with Crippen molar-refractivity contribution in [2.24, 2.45) is 0 Å². The van der Waals surface area contributed by atoms with Crippen molar-refractivity contribution in [2.45, 2.75) is 57.7 Å². The van der Waals surface area contributed by atoms with Crippen molar-refractivity contribution >= 4 is 5.97 Å². The second-order valence-electron chi connectivity index (χ2n) is 6.81. The minimum absolute atomic E-state index is 0.140. The Bertz CT molecular complexity index is 351. The molecular weight excluding hydrogens is 266 g/mol. The van der Waals surface area contributed by atoms with Crippen LogP contribution in [-0.2, 0) is 9.53 Å². The summed E-state index contributed by atoms with van der Waals surface area (Å²) >= 11 is 0. The lowest BCUT2D eigenvalue weighted by atomic mass is 10.0. The van der Waals surface area contributed by atoms with Crippen molar-refractivity contribution in [2.75, 3.05) is 39.8 Å². The normalized spacial score (nSPS) is 25.3. The fraction of sp³-hybridized carbons (Fsp3) is 0.938. The van der Waals surface area contributed by atoms with Gasteiger partial charge in [0.25, 0.3) is 0 Å². The van der Waals surface area contributed by atoms with Gasteiger partial charge in [0.2, 0.25) is 0 Å². The molecule has 1 saturated heterocycles. The molecule has 0 bridgehead atoms. The van der Waals surface area contributed by atoms with E-state index in [9.17, 15) is 4.79 Å². The third-order valence-corrected chi connectivity index (χ3v) is 4.90. The lowest BCUT2D eigenvalue weighted by Crippen LogP contribution is -2.61. The zero-order valence-corrected chi connectivity index (χ0v) is 14.0. The molecule has 5 nitrogen and oxygen atoms in total. The molecule has 0 amide bonds. The van der Waals surface area contributed by atoms with E-state index in [2.05, 4.69) is 29.0 Å². The van der Waals surface area contributed by atoms with Crippen LogP contribution in [0.3, 0.4) is 0 Å². The van der Waals surface area contributed by atoms with Crippen LogP contribution in [0.1, 0.15) is 40.0 Å². The molecule has 0 spiro atoms. The SMILES string of the molecule is CCC(C)N1CCN(CC(C)(NC2CC2)C(=O)OC)CC1. The molecule has 1 aliphatic heterocycles. The predicted molar refractivity (Wildman–Crippen MR) is 84.3 cm³/mol. The number of piperazine rings is 1. The minimum atomic E-state index is -0.575. The molecule has 2 aliphatic rings. The summed E-state index contributed by atoms with van der Waals surface area (Å²) in [6, 6.07) is 1.15. The van der Waals surface area contributed by atoms with Gasteiger partial charge < -0.3 is 4.74 Å². The molecule has 1 aliphatic carbocycles.